The Morgan fingerprint density at radius 1 is 1.26 bits per heavy atom. The van der Waals surface area contributed by atoms with Crippen LogP contribution in [0.5, 0.6) is 0 Å². The van der Waals surface area contributed by atoms with E-state index in [1.54, 1.807) is 6.08 Å². The first-order valence-electron chi connectivity index (χ1n) is 8.98. The molecule has 1 aliphatic rings. The van der Waals surface area contributed by atoms with Crippen molar-refractivity contribution < 1.29 is 34.8 Å². The Bertz CT molecular complexity index is 532. The van der Waals surface area contributed by atoms with Gasteiger partial charge in [0.05, 0.1) is 6.10 Å². The molecule has 0 aromatic heterocycles. The van der Waals surface area contributed by atoms with Crippen LogP contribution in [0.4, 0.5) is 0 Å². The molecule has 0 saturated carbocycles. The largest absolute Gasteiger partial charge is 0.391 e. The third-order valence-corrected chi connectivity index (χ3v) is 4.25. The van der Waals surface area contributed by atoms with Gasteiger partial charge in [-0.05, 0) is 18.3 Å². The normalized spacial score (nSPS) is 26.0. The van der Waals surface area contributed by atoms with Crippen LogP contribution >= 0.6 is 0 Å². The molecule has 6 N–H and O–H groups in total. The van der Waals surface area contributed by atoms with Crippen LogP contribution in [0.1, 0.15) is 33.6 Å². The number of carbonyl (C=O) groups is 2. The van der Waals surface area contributed by atoms with Crippen LogP contribution in [0.2, 0.25) is 0 Å². The van der Waals surface area contributed by atoms with Crippen molar-refractivity contribution in [1.82, 2.24) is 10.6 Å². The first-order chi connectivity index (χ1) is 12.5. The number of methoxy groups -OCH3 is 1. The van der Waals surface area contributed by atoms with E-state index in [9.17, 15) is 30.0 Å². The van der Waals surface area contributed by atoms with Gasteiger partial charge in [0, 0.05) is 13.7 Å². The summed E-state index contributed by atoms with van der Waals surface area (Å²) in [5.74, 6) is -1.24. The number of hydrogen-bond donors (Lipinski definition) is 6. The molecule has 0 aliphatic carbocycles. The number of aliphatic hydroxyl groups is 4. The summed E-state index contributed by atoms with van der Waals surface area (Å²) in [5, 5.41) is 45.0. The van der Waals surface area contributed by atoms with Crippen LogP contribution < -0.4 is 10.6 Å². The smallest absolute Gasteiger partial charge is 0.252 e. The van der Waals surface area contributed by atoms with Crippen molar-refractivity contribution in [3.63, 3.8) is 0 Å². The Morgan fingerprint density at radius 3 is 2.44 bits per heavy atom. The van der Waals surface area contributed by atoms with E-state index in [4.69, 9.17) is 4.74 Å². The van der Waals surface area contributed by atoms with Crippen molar-refractivity contribution in [3.05, 3.63) is 12.2 Å². The van der Waals surface area contributed by atoms with Crippen LogP contribution in [-0.4, -0.2) is 82.5 Å². The number of allylic oxidation sites excluding steroid dienone is 1. The summed E-state index contributed by atoms with van der Waals surface area (Å²) in [6, 6.07) is -0.887. The Kier molecular flexibility index (Phi) is 8.83. The Hall–Kier alpha value is -1.52. The summed E-state index contributed by atoms with van der Waals surface area (Å²) in [4.78, 5) is 24.4. The van der Waals surface area contributed by atoms with E-state index in [-0.39, 0.29) is 18.4 Å². The van der Waals surface area contributed by atoms with Crippen molar-refractivity contribution in [2.75, 3.05) is 13.7 Å². The molecule has 2 amide bonds. The van der Waals surface area contributed by atoms with Crippen molar-refractivity contribution in [1.29, 1.82) is 0 Å². The molecule has 27 heavy (non-hydrogen) atoms. The molecule has 0 aromatic carbocycles. The van der Waals surface area contributed by atoms with E-state index in [2.05, 4.69) is 10.6 Å². The molecule has 1 fully saturated rings. The maximum Gasteiger partial charge on any atom is 0.252 e. The number of amides is 2. The van der Waals surface area contributed by atoms with E-state index < -0.39 is 48.4 Å². The molecule has 0 radical (unpaired) electrons. The van der Waals surface area contributed by atoms with Gasteiger partial charge in [0.2, 0.25) is 5.91 Å². The molecule has 0 bridgehead atoms. The standard InChI is InChI=1S/C18H32N2O7/c1-18(2,3)8-7-12(22)13(23)14(24)15(27-4)17(26)20-11-6-5-10(21)9-19-16(11)25/h7-8,10-15,21-24H,5-6,9H2,1-4H3,(H,19,25)(H,20,26). The zero-order chi connectivity index (χ0) is 20.8. The number of ether oxygens (including phenoxy) is 1. The van der Waals surface area contributed by atoms with Crippen molar-refractivity contribution >= 4 is 11.8 Å². The van der Waals surface area contributed by atoms with Gasteiger partial charge in [-0.1, -0.05) is 32.9 Å². The van der Waals surface area contributed by atoms with Gasteiger partial charge in [-0.15, -0.1) is 0 Å². The second kappa shape index (κ2) is 10.1. The predicted octanol–water partition coefficient (Wildman–Crippen LogP) is -1.56. The molecule has 0 aromatic rings. The Balaban J connectivity index is 2.75. The second-order valence-electron chi connectivity index (χ2n) is 7.89. The zero-order valence-corrected chi connectivity index (χ0v) is 16.3. The highest BCUT2D eigenvalue weighted by Crippen LogP contribution is 2.17. The van der Waals surface area contributed by atoms with Crippen LogP contribution in [0.25, 0.3) is 0 Å². The quantitative estimate of drug-likeness (QED) is 0.289. The molecule has 9 nitrogen and oxygen atoms in total. The fraction of sp³-hybridized carbons (Fsp3) is 0.778. The van der Waals surface area contributed by atoms with Gasteiger partial charge >= 0.3 is 0 Å². The molecule has 0 spiro atoms. The van der Waals surface area contributed by atoms with Crippen LogP contribution in [0, 0.1) is 5.41 Å². The summed E-state index contributed by atoms with van der Waals surface area (Å²) in [5.41, 5.74) is -0.235. The summed E-state index contributed by atoms with van der Waals surface area (Å²) >= 11 is 0. The third-order valence-electron chi connectivity index (χ3n) is 4.25. The second-order valence-corrected chi connectivity index (χ2v) is 7.89. The fourth-order valence-corrected chi connectivity index (χ4v) is 2.61. The lowest BCUT2D eigenvalue weighted by Gasteiger charge is -2.28. The number of nitrogens with one attached hydrogen (secondary N) is 2. The third kappa shape index (κ3) is 7.55. The fourth-order valence-electron chi connectivity index (χ4n) is 2.61. The summed E-state index contributed by atoms with van der Waals surface area (Å²) < 4.78 is 4.98. The van der Waals surface area contributed by atoms with Crippen molar-refractivity contribution in [2.24, 2.45) is 5.41 Å². The molecular weight excluding hydrogens is 356 g/mol. The highest BCUT2D eigenvalue weighted by molar-refractivity contribution is 5.89. The van der Waals surface area contributed by atoms with Gasteiger partial charge in [0.25, 0.3) is 5.91 Å². The minimum atomic E-state index is -1.71. The van der Waals surface area contributed by atoms with E-state index >= 15 is 0 Å². The monoisotopic (exact) mass is 388 g/mol. The van der Waals surface area contributed by atoms with Crippen molar-refractivity contribution in [2.45, 2.75) is 70.2 Å². The first-order valence-corrected chi connectivity index (χ1v) is 8.98. The number of aliphatic hydroxyl groups excluding tert-OH is 4. The molecule has 1 aliphatic heterocycles. The molecule has 156 valence electrons. The van der Waals surface area contributed by atoms with E-state index in [1.807, 2.05) is 20.8 Å². The van der Waals surface area contributed by atoms with Gasteiger partial charge < -0.3 is 35.8 Å². The molecule has 6 atom stereocenters. The molecule has 9 heteroatoms. The lowest BCUT2D eigenvalue weighted by atomic mass is 9.94. The highest BCUT2D eigenvalue weighted by Gasteiger charge is 2.37. The number of β-amino-alcohol motifs (C(OH)–C–C–N with tert-alkyl or cyclic N) is 1. The summed E-state index contributed by atoms with van der Waals surface area (Å²) in [6.07, 6.45) is -3.38. The maximum atomic E-state index is 12.4. The highest BCUT2D eigenvalue weighted by atomic mass is 16.5. The van der Waals surface area contributed by atoms with E-state index in [1.165, 1.54) is 13.2 Å². The molecule has 1 rings (SSSR count). The zero-order valence-electron chi connectivity index (χ0n) is 16.3. The lowest BCUT2D eigenvalue weighted by molar-refractivity contribution is -0.150. The summed E-state index contributed by atoms with van der Waals surface area (Å²) in [7, 11) is 1.18. The first kappa shape index (κ1) is 23.5. The molecule has 6 unspecified atom stereocenters. The van der Waals surface area contributed by atoms with Gasteiger partial charge in [0.15, 0.2) is 6.10 Å². The van der Waals surface area contributed by atoms with E-state index in [0.29, 0.717) is 6.42 Å². The number of carbonyl (C=O) groups excluding carboxylic acids is 2. The average Bonchev–Trinajstić information content (AvgIpc) is 2.74. The molecule has 1 saturated heterocycles. The minimum Gasteiger partial charge on any atom is -0.391 e. The van der Waals surface area contributed by atoms with Gasteiger partial charge in [-0.25, -0.2) is 0 Å². The van der Waals surface area contributed by atoms with Gasteiger partial charge in [-0.3, -0.25) is 9.59 Å². The summed E-state index contributed by atoms with van der Waals surface area (Å²) in [6.45, 7) is 5.81. The SMILES string of the molecule is COC(C(=O)NC1CCC(O)CNC1=O)C(O)C(O)C(O)C=CC(C)(C)C. The maximum absolute atomic E-state index is 12.4. The lowest BCUT2D eigenvalue weighted by Crippen LogP contribution is -2.55. The number of rotatable bonds is 7. The van der Waals surface area contributed by atoms with Crippen LogP contribution in [0.15, 0.2) is 12.2 Å². The molecule has 1 heterocycles. The average molecular weight is 388 g/mol. The van der Waals surface area contributed by atoms with Crippen LogP contribution in [0.3, 0.4) is 0 Å². The Labute approximate surface area is 159 Å². The van der Waals surface area contributed by atoms with Gasteiger partial charge in [-0.2, -0.15) is 0 Å². The molecular formula is C18H32N2O7. The van der Waals surface area contributed by atoms with E-state index in [0.717, 1.165) is 0 Å². The Morgan fingerprint density at radius 2 is 1.89 bits per heavy atom. The predicted molar refractivity (Wildman–Crippen MR) is 97.6 cm³/mol. The van der Waals surface area contributed by atoms with Crippen LogP contribution in [-0.2, 0) is 14.3 Å². The van der Waals surface area contributed by atoms with Gasteiger partial charge in [0.1, 0.15) is 24.4 Å². The van der Waals surface area contributed by atoms with Crippen molar-refractivity contribution in [3.8, 4) is 0 Å². The topological polar surface area (TPSA) is 148 Å². The number of hydrogen-bond acceptors (Lipinski definition) is 7. The minimum absolute atomic E-state index is 0.104.